The number of carbonyl (C=O) groups excluding carboxylic acids is 3. The number of methoxy groups -OCH3 is 1. The first-order valence-corrected chi connectivity index (χ1v) is 15.1. The van der Waals surface area contributed by atoms with Gasteiger partial charge in [0.2, 0.25) is 5.91 Å². The van der Waals surface area contributed by atoms with Gasteiger partial charge in [-0.2, -0.15) is 0 Å². The molecule has 234 valence electrons. The van der Waals surface area contributed by atoms with Gasteiger partial charge in [-0.05, 0) is 54.8 Å². The summed E-state index contributed by atoms with van der Waals surface area (Å²) in [4.78, 5) is 38.1. The number of imide groups is 1. The third-order valence-electron chi connectivity index (χ3n) is 8.32. The monoisotopic (exact) mass is 602 g/mol. The summed E-state index contributed by atoms with van der Waals surface area (Å²) >= 11 is 0. The first kappa shape index (κ1) is 32.4. The van der Waals surface area contributed by atoms with Gasteiger partial charge >= 0.3 is 6.03 Å². The smallest absolute Gasteiger partial charge is 0.321 e. The number of piperazine rings is 1. The number of amides is 4. The second-order valence-electron chi connectivity index (χ2n) is 11.2. The molecule has 3 heterocycles. The summed E-state index contributed by atoms with van der Waals surface area (Å²) < 4.78 is 5.05. The second kappa shape index (κ2) is 15.8. The Morgan fingerprint density at radius 2 is 1.68 bits per heavy atom. The Kier molecular flexibility index (Phi) is 11.6. The van der Waals surface area contributed by atoms with Crippen LogP contribution in [-0.4, -0.2) is 96.5 Å². The van der Waals surface area contributed by atoms with Crippen molar-refractivity contribution in [3.63, 3.8) is 0 Å². The lowest BCUT2D eigenvalue weighted by molar-refractivity contribution is -0.117. The quantitative estimate of drug-likeness (QED) is 0.0937. The number of nitrogens with one attached hydrogen (secondary N) is 2. The molecule has 11 heteroatoms. The third kappa shape index (κ3) is 8.51. The molecule has 0 radical (unpaired) electrons. The van der Waals surface area contributed by atoms with Gasteiger partial charge in [-0.15, -0.1) is 6.42 Å². The molecular weight excluding hydrogens is 560 g/mol. The van der Waals surface area contributed by atoms with Crippen molar-refractivity contribution in [1.29, 1.82) is 0 Å². The third-order valence-corrected chi connectivity index (χ3v) is 8.32. The van der Waals surface area contributed by atoms with Crippen LogP contribution < -0.4 is 15.4 Å². The average molecular weight is 603 g/mol. The van der Waals surface area contributed by atoms with Crippen LogP contribution in [0.25, 0.3) is 0 Å². The molecule has 0 atom stereocenters. The van der Waals surface area contributed by atoms with Gasteiger partial charge in [0.15, 0.2) is 5.84 Å². The number of fused-ring (bicyclic) bond motifs is 1. The average Bonchev–Trinajstić information content (AvgIpc) is 3.42. The van der Waals surface area contributed by atoms with E-state index in [2.05, 4.69) is 26.2 Å². The largest absolute Gasteiger partial charge is 0.497 e. The lowest BCUT2D eigenvalue weighted by Crippen LogP contribution is -2.52. The van der Waals surface area contributed by atoms with Crippen LogP contribution in [0, 0.1) is 12.3 Å². The van der Waals surface area contributed by atoms with E-state index in [-0.39, 0.29) is 18.4 Å². The molecule has 4 aliphatic rings. The van der Waals surface area contributed by atoms with Crippen LogP contribution in [0.3, 0.4) is 0 Å². The van der Waals surface area contributed by atoms with Crippen LogP contribution in [0.15, 0.2) is 47.6 Å². The summed E-state index contributed by atoms with van der Waals surface area (Å²) in [7, 11) is 3.40. The molecule has 1 aliphatic carbocycles. The summed E-state index contributed by atoms with van der Waals surface area (Å²) in [6.45, 7) is 4.74. The Morgan fingerprint density at radius 1 is 1.00 bits per heavy atom. The number of nitrogens with zero attached hydrogens (tertiary/aromatic N) is 4. The highest BCUT2D eigenvalue weighted by Crippen LogP contribution is 2.25. The molecule has 3 N–H and O–H groups in total. The standard InChI is InChI=1S/C20H27N3O.C10H11NO2.C3H4N2O2/c1-2-17-9-11-18(12-10-17)20(21-24)23-15-13-22(14-16-23)19-7-5-3-4-6-8-19;1-11-6-7-3-4-8(13-2)5-9(7)10(11)12;6-2-1-4-3(7)5-2/h1,9-12,19,24H,3-8,13-16H2;3-5H,6H2,1-2H3;1H2,(H2,4,5,6,7)/b21-20-;;. The molecular formula is C33H42N6O5. The highest BCUT2D eigenvalue weighted by Gasteiger charge is 2.27. The Morgan fingerprint density at radius 3 is 2.20 bits per heavy atom. The van der Waals surface area contributed by atoms with E-state index in [1.165, 1.54) is 38.5 Å². The molecule has 1 saturated carbocycles. The SMILES string of the molecule is C#Cc1ccc(/C(=N/O)N2CCN(C3CCCCCC3)CC2)cc1.COc1ccc2c(c1)C(=O)N(C)C2.O=C1CNC(=O)N1. The summed E-state index contributed by atoms with van der Waals surface area (Å²) in [5, 5.41) is 17.4. The van der Waals surface area contributed by atoms with Gasteiger partial charge in [-0.3, -0.25) is 19.8 Å². The minimum atomic E-state index is -0.398. The van der Waals surface area contributed by atoms with E-state index in [9.17, 15) is 19.6 Å². The molecule has 2 saturated heterocycles. The summed E-state index contributed by atoms with van der Waals surface area (Å²) in [6.07, 6.45) is 13.6. The molecule has 44 heavy (non-hydrogen) atoms. The van der Waals surface area contributed by atoms with E-state index in [1.54, 1.807) is 25.1 Å². The van der Waals surface area contributed by atoms with E-state index in [0.717, 1.165) is 60.2 Å². The van der Waals surface area contributed by atoms with Crippen molar-refractivity contribution < 1.29 is 24.3 Å². The van der Waals surface area contributed by atoms with Crippen molar-refractivity contribution in [2.45, 2.75) is 51.1 Å². The van der Waals surface area contributed by atoms with Crippen LogP contribution in [0.2, 0.25) is 0 Å². The number of oxime groups is 1. The van der Waals surface area contributed by atoms with E-state index < -0.39 is 6.03 Å². The number of hydrogen-bond donors (Lipinski definition) is 3. The number of terminal acetylenes is 1. The van der Waals surface area contributed by atoms with Gasteiger partial charge < -0.3 is 25.1 Å². The minimum Gasteiger partial charge on any atom is -0.497 e. The molecule has 11 nitrogen and oxygen atoms in total. The number of rotatable bonds is 3. The number of ether oxygens (including phenoxy) is 1. The van der Waals surface area contributed by atoms with Crippen LogP contribution in [0.1, 0.15) is 65.6 Å². The molecule has 0 bridgehead atoms. The fourth-order valence-electron chi connectivity index (χ4n) is 5.87. The topological polar surface area (TPSA) is 127 Å². The molecule has 4 amide bonds. The minimum absolute atomic E-state index is 0.0777. The van der Waals surface area contributed by atoms with Crippen LogP contribution in [-0.2, 0) is 11.3 Å². The Balaban J connectivity index is 0.000000182. The van der Waals surface area contributed by atoms with Crippen molar-refractivity contribution >= 4 is 23.7 Å². The van der Waals surface area contributed by atoms with Crippen molar-refractivity contribution in [2.75, 3.05) is 46.9 Å². The highest BCUT2D eigenvalue weighted by molar-refractivity contribution is 6.01. The lowest BCUT2D eigenvalue weighted by Gasteiger charge is -2.40. The predicted octanol–water partition coefficient (Wildman–Crippen LogP) is 3.25. The first-order chi connectivity index (χ1) is 21.3. The first-order valence-electron chi connectivity index (χ1n) is 15.1. The van der Waals surface area contributed by atoms with Crippen molar-refractivity contribution in [1.82, 2.24) is 25.3 Å². The lowest BCUT2D eigenvalue weighted by atomic mass is 10.1. The van der Waals surface area contributed by atoms with Crippen LogP contribution in [0.4, 0.5) is 4.79 Å². The number of urea groups is 1. The molecule has 2 aromatic carbocycles. The molecule has 3 fully saturated rings. The van der Waals surface area contributed by atoms with Crippen LogP contribution >= 0.6 is 0 Å². The fourth-order valence-corrected chi connectivity index (χ4v) is 5.87. The number of hydrogen-bond acceptors (Lipinski definition) is 7. The number of benzene rings is 2. The summed E-state index contributed by atoms with van der Waals surface area (Å²) in [5.41, 5.74) is 3.60. The maximum atomic E-state index is 11.5. The molecule has 0 unspecified atom stereocenters. The Labute approximate surface area is 259 Å². The normalized spacial score (nSPS) is 18.9. The van der Waals surface area contributed by atoms with Crippen molar-refractivity contribution in [3.05, 3.63) is 64.7 Å². The zero-order valence-corrected chi connectivity index (χ0v) is 25.6. The molecule has 0 aromatic heterocycles. The summed E-state index contributed by atoms with van der Waals surface area (Å²) in [6, 6.07) is 13.6. The van der Waals surface area contributed by atoms with Crippen molar-refractivity contribution in [3.8, 4) is 18.1 Å². The predicted molar refractivity (Wildman–Crippen MR) is 168 cm³/mol. The van der Waals surface area contributed by atoms with E-state index >= 15 is 0 Å². The van der Waals surface area contributed by atoms with Gasteiger partial charge in [0.1, 0.15) is 5.75 Å². The molecule has 3 aliphatic heterocycles. The van der Waals surface area contributed by atoms with Gasteiger partial charge in [0, 0.05) is 62.5 Å². The van der Waals surface area contributed by atoms with Crippen molar-refractivity contribution in [2.24, 2.45) is 5.16 Å². The fraction of sp³-hybridized carbons (Fsp3) is 0.455. The van der Waals surface area contributed by atoms with Gasteiger partial charge in [-0.1, -0.05) is 42.8 Å². The maximum absolute atomic E-state index is 11.5. The van der Waals surface area contributed by atoms with Gasteiger partial charge in [0.05, 0.1) is 13.7 Å². The molecule has 0 spiro atoms. The Bertz CT molecular complexity index is 1360. The number of amidine groups is 1. The Hall–Kier alpha value is -4.56. The zero-order chi connectivity index (χ0) is 31.5. The maximum Gasteiger partial charge on any atom is 0.321 e. The van der Waals surface area contributed by atoms with E-state index in [0.29, 0.717) is 12.4 Å². The zero-order valence-electron chi connectivity index (χ0n) is 25.6. The summed E-state index contributed by atoms with van der Waals surface area (Å²) in [5.74, 6) is 3.82. The van der Waals surface area contributed by atoms with Gasteiger partial charge in [-0.25, -0.2) is 4.79 Å². The second-order valence-corrected chi connectivity index (χ2v) is 11.2. The highest BCUT2D eigenvalue weighted by atomic mass is 16.5. The van der Waals surface area contributed by atoms with Crippen LogP contribution in [0.5, 0.6) is 5.75 Å². The van der Waals surface area contributed by atoms with Gasteiger partial charge in [0.25, 0.3) is 5.91 Å². The van der Waals surface area contributed by atoms with E-state index in [1.807, 2.05) is 41.7 Å². The van der Waals surface area contributed by atoms with E-state index in [4.69, 9.17) is 11.2 Å². The number of carbonyl (C=O) groups is 3. The molecule has 6 rings (SSSR count). The molecule has 2 aromatic rings.